The molecule has 100 valence electrons. The fourth-order valence-electron chi connectivity index (χ4n) is 1.49. The standard InChI is InChI=1S/C11H16ClN3O3/c1-7(2)5-15(6-9(16)17)10-8(12)4-13-11(14-10)18-3/h4,7H,5-6H2,1-3H3,(H,16,17). The summed E-state index contributed by atoms with van der Waals surface area (Å²) in [5.41, 5.74) is 0. The second-order valence-electron chi connectivity index (χ2n) is 4.20. The van der Waals surface area contributed by atoms with E-state index in [-0.39, 0.29) is 18.5 Å². The lowest BCUT2D eigenvalue weighted by Crippen LogP contribution is -2.34. The number of carbonyl (C=O) groups is 1. The van der Waals surface area contributed by atoms with Crippen LogP contribution in [-0.4, -0.2) is 41.2 Å². The number of hydrogen-bond donors (Lipinski definition) is 1. The normalized spacial score (nSPS) is 10.5. The van der Waals surface area contributed by atoms with Gasteiger partial charge in [0.05, 0.1) is 13.3 Å². The van der Waals surface area contributed by atoms with Gasteiger partial charge < -0.3 is 14.7 Å². The predicted molar refractivity (Wildman–Crippen MR) is 68.3 cm³/mol. The summed E-state index contributed by atoms with van der Waals surface area (Å²) in [6.07, 6.45) is 1.40. The third-order valence-electron chi connectivity index (χ3n) is 2.10. The minimum absolute atomic E-state index is 0.161. The number of nitrogens with zero attached hydrogens (tertiary/aromatic N) is 3. The Labute approximate surface area is 111 Å². The van der Waals surface area contributed by atoms with Crippen molar-refractivity contribution >= 4 is 23.4 Å². The average Bonchev–Trinajstić information content (AvgIpc) is 2.27. The maximum Gasteiger partial charge on any atom is 0.323 e. The van der Waals surface area contributed by atoms with Gasteiger partial charge in [0.2, 0.25) is 0 Å². The zero-order valence-electron chi connectivity index (χ0n) is 10.6. The molecule has 0 fully saturated rings. The van der Waals surface area contributed by atoms with E-state index < -0.39 is 5.97 Å². The minimum Gasteiger partial charge on any atom is -0.480 e. The zero-order valence-corrected chi connectivity index (χ0v) is 11.3. The molecule has 0 bridgehead atoms. The first-order chi connectivity index (χ1) is 8.43. The fraction of sp³-hybridized carbons (Fsp3) is 0.545. The number of halogens is 1. The Kier molecular flexibility index (Phi) is 5.15. The van der Waals surface area contributed by atoms with Gasteiger partial charge in [-0.3, -0.25) is 4.79 Å². The van der Waals surface area contributed by atoms with Crippen molar-refractivity contribution in [1.29, 1.82) is 0 Å². The Balaban J connectivity index is 3.06. The van der Waals surface area contributed by atoms with Gasteiger partial charge in [-0.15, -0.1) is 0 Å². The lowest BCUT2D eigenvalue weighted by atomic mass is 10.2. The molecular weight excluding hydrogens is 258 g/mol. The van der Waals surface area contributed by atoms with Crippen LogP contribution in [0.4, 0.5) is 5.82 Å². The number of hydrogen-bond acceptors (Lipinski definition) is 5. The second kappa shape index (κ2) is 6.39. The summed E-state index contributed by atoms with van der Waals surface area (Å²) < 4.78 is 4.92. The van der Waals surface area contributed by atoms with E-state index in [0.29, 0.717) is 17.4 Å². The number of methoxy groups -OCH3 is 1. The third-order valence-corrected chi connectivity index (χ3v) is 2.36. The number of carboxylic acids is 1. The van der Waals surface area contributed by atoms with E-state index in [1.165, 1.54) is 13.3 Å². The van der Waals surface area contributed by atoms with E-state index in [1.807, 2.05) is 13.8 Å². The summed E-state index contributed by atoms with van der Waals surface area (Å²) in [5, 5.41) is 9.22. The summed E-state index contributed by atoms with van der Waals surface area (Å²) in [6.45, 7) is 4.34. The van der Waals surface area contributed by atoms with Crippen molar-refractivity contribution in [2.75, 3.05) is 25.1 Å². The maximum atomic E-state index is 10.9. The zero-order chi connectivity index (χ0) is 13.7. The molecule has 0 aliphatic heterocycles. The molecule has 1 rings (SSSR count). The van der Waals surface area contributed by atoms with Crippen LogP contribution >= 0.6 is 11.6 Å². The number of rotatable bonds is 6. The first kappa shape index (κ1) is 14.5. The van der Waals surface area contributed by atoms with E-state index in [9.17, 15) is 4.79 Å². The Hall–Kier alpha value is -1.56. The van der Waals surface area contributed by atoms with Crippen LogP contribution in [0.1, 0.15) is 13.8 Å². The second-order valence-corrected chi connectivity index (χ2v) is 4.60. The molecule has 7 heteroatoms. The predicted octanol–water partition coefficient (Wildman–Crippen LogP) is 1.69. The van der Waals surface area contributed by atoms with E-state index in [0.717, 1.165) is 0 Å². The van der Waals surface area contributed by atoms with Gasteiger partial charge in [-0.2, -0.15) is 4.98 Å². The lowest BCUT2D eigenvalue weighted by molar-refractivity contribution is -0.135. The largest absolute Gasteiger partial charge is 0.480 e. The van der Waals surface area contributed by atoms with Crippen LogP contribution in [-0.2, 0) is 4.79 Å². The van der Waals surface area contributed by atoms with Crippen molar-refractivity contribution in [2.24, 2.45) is 5.92 Å². The Morgan fingerprint density at radius 3 is 2.78 bits per heavy atom. The van der Waals surface area contributed by atoms with Gasteiger partial charge in [0.15, 0.2) is 5.82 Å². The van der Waals surface area contributed by atoms with Gasteiger partial charge in [0.25, 0.3) is 0 Å². The number of ether oxygens (including phenoxy) is 1. The molecule has 1 N–H and O–H groups in total. The van der Waals surface area contributed by atoms with E-state index >= 15 is 0 Å². The SMILES string of the molecule is COc1ncc(Cl)c(N(CC(=O)O)CC(C)C)n1. The number of anilines is 1. The van der Waals surface area contributed by atoms with E-state index in [4.69, 9.17) is 21.4 Å². The molecule has 6 nitrogen and oxygen atoms in total. The Morgan fingerprint density at radius 1 is 1.61 bits per heavy atom. The van der Waals surface area contributed by atoms with Crippen molar-refractivity contribution in [3.05, 3.63) is 11.2 Å². The van der Waals surface area contributed by atoms with Crippen molar-refractivity contribution in [3.63, 3.8) is 0 Å². The third kappa shape index (κ3) is 4.03. The topological polar surface area (TPSA) is 75.5 Å². The first-order valence-corrected chi connectivity index (χ1v) is 5.85. The summed E-state index contributed by atoms with van der Waals surface area (Å²) in [5.74, 6) is -0.287. The van der Waals surface area contributed by atoms with Crippen LogP contribution in [0.5, 0.6) is 6.01 Å². The lowest BCUT2D eigenvalue weighted by Gasteiger charge is -2.24. The molecule has 0 aliphatic rings. The number of carboxylic acid groups (broad SMARTS) is 1. The first-order valence-electron chi connectivity index (χ1n) is 5.47. The van der Waals surface area contributed by atoms with Crippen LogP contribution in [0.15, 0.2) is 6.20 Å². The molecule has 0 radical (unpaired) electrons. The van der Waals surface area contributed by atoms with E-state index in [2.05, 4.69) is 9.97 Å². The fourth-order valence-corrected chi connectivity index (χ4v) is 1.70. The summed E-state index contributed by atoms with van der Waals surface area (Å²) >= 11 is 6.00. The number of aromatic nitrogens is 2. The average molecular weight is 274 g/mol. The summed E-state index contributed by atoms with van der Waals surface area (Å²) in [6, 6.07) is 0.161. The minimum atomic E-state index is -0.940. The monoisotopic (exact) mass is 273 g/mol. The van der Waals surface area contributed by atoms with Crippen molar-refractivity contribution < 1.29 is 14.6 Å². The van der Waals surface area contributed by atoms with Gasteiger partial charge in [-0.05, 0) is 5.92 Å². The van der Waals surface area contributed by atoms with Crippen LogP contribution < -0.4 is 9.64 Å². The molecule has 0 saturated carbocycles. The quantitative estimate of drug-likeness (QED) is 0.850. The Bertz CT molecular complexity index is 426. The highest BCUT2D eigenvalue weighted by molar-refractivity contribution is 6.32. The summed E-state index contributed by atoms with van der Waals surface area (Å²) in [7, 11) is 1.44. The molecule has 0 amide bonds. The molecule has 1 heterocycles. The van der Waals surface area contributed by atoms with Crippen LogP contribution in [0.25, 0.3) is 0 Å². The molecule has 0 spiro atoms. The van der Waals surface area contributed by atoms with Crippen molar-refractivity contribution in [1.82, 2.24) is 9.97 Å². The highest BCUT2D eigenvalue weighted by Gasteiger charge is 2.18. The highest BCUT2D eigenvalue weighted by atomic mass is 35.5. The van der Waals surface area contributed by atoms with Crippen molar-refractivity contribution in [3.8, 4) is 6.01 Å². The van der Waals surface area contributed by atoms with Crippen LogP contribution in [0.3, 0.4) is 0 Å². The van der Waals surface area contributed by atoms with Crippen molar-refractivity contribution in [2.45, 2.75) is 13.8 Å². The van der Waals surface area contributed by atoms with Gasteiger partial charge in [0.1, 0.15) is 11.6 Å². The van der Waals surface area contributed by atoms with Gasteiger partial charge in [0, 0.05) is 6.54 Å². The maximum absolute atomic E-state index is 10.9. The molecule has 0 atom stereocenters. The Morgan fingerprint density at radius 2 is 2.28 bits per heavy atom. The molecule has 0 unspecified atom stereocenters. The molecular formula is C11H16ClN3O3. The number of aliphatic carboxylic acids is 1. The van der Waals surface area contributed by atoms with Crippen LogP contribution in [0, 0.1) is 5.92 Å². The molecule has 1 aromatic heterocycles. The van der Waals surface area contributed by atoms with Gasteiger partial charge in [-0.25, -0.2) is 4.98 Å². The highest BCUT2D eigenvalue weighted by Crippen LogP contribution is 2.25. The van der Waals surface area contributed by atoms with E-state index in [1.54, 1.807) is 4.90 Å². The molecule has 0 saturated heterocycles. The summed E-state index contributed by atoms with van der Waals surface area (Å²) in [4.78, 5) is 20.4. The molecule has 0 aliphatic carbocycles. The molecule has 0 aromatic carbocycles. The van der Waals surface area contributed by atoms with Gasteiger partial charge in [-0.1, -0.05) is 25.4 Å². The smallest absolute Gasteiger partial charge is 0.323 e. The molecule has 18 heavy (non-hydrogen) atoms. The van der Waals surface area contributed by atoms with Crippen LogP contribution in [0.2, 0.25) is 5.02 Å². The van der Waals surface area contributed by atoms with Gasteiger partial charge >= 0.3 is 12.0 Å². The molecule has 1 aromatic rings.